The predicted molar refractivity (Wildman–Crippen MR) is 90.0 cm³/mol. The van der Waals surface area contributed by atoms with Gasteiger partial charge in [-0.25, -0.2) is 0 Å². The molecule has 0 spiro atoms. The second kappa shape index (κ2) is 5.64. The summed E-state index contributed by atoms with van der Waals surface area (Å²) >= 11 is 0. The molecule has 0 aliphatic heterocycles. The van der Waals surface area contributed by atoms with Crippen molar-refractivity contribution in [1.29, 1.82) is 0 Å². The third-order valence-electron chi connectivity index (χ3n) is 3.84. The average molecular weight is 293 g/mol. The van der Waals surface area contributed by atoms with E-state index in [9.17, 15) is 0 Å². The van der Waals surface area contributed by atoms with E-state index in [2.05, 4.69) is 35.9 Å². The number of aromatic nitrogens is 2. The lowest BCUT2D eigenvalue weighted by molar-refractivity contribution is 0.416. The molecule has 3 aromatic rings. The first-order valence-corrected chi connectivity index (χ1v) is 7.29. The first-order chi connectivity index (χ1) is 10.6. The number of fused-ring (bicyclic) bond motifs is 1. The molecule has 0 saturated heterocycles. The van der Waals surface area contributed by atoms with Gasteiger partial charge in [-0.1, -0.05) is 19.9 Å². The summed E-state index contributed by atoms with van der Waals surface area (Å²) in [6.07, 6.45) is 3.52. The lowest BCUT2D eigenvalue weighted by atomic mass is 9.96. The largest absolute Gasteiger partial charge is 0.496 e. The molecular weight excluding hydrogens is 274 g/mol. The normalized spacial score (nSPS) is 11.1. The van der Waals surface area contributed by atoms with Gasteiger partial charge in [0.15, 0.2) is 0 Å². The van der Waals surface area contributed by atoms with Crippen LogP contribution in [-0.4, -0.2) is 17.1 Å². The smallest absolute Gasteiger partial charge is 0.126 e. The van der Waals surface area contributed by atoms with Crippen molar-refractivity contribution in [2.24, 2.45) is 0 Å². The van der Waals surface area contributed by atoms with Gasteiger partial charge >= 0.3 is 0 Å². The van der Waals surface area contributed by atoms with Crippen LogP contribution in [0.1, 0.15) is 25.3 Å². The Bertz CT molecular complexity index is 828. The van der Waals surface area contributed by atoms with Crippen LogP contribution in [0.2, 0.25) is 0 Å². The van der Waals surface area contributed by atoms with Gasteiger partial charge in [0.2, 0.25) is 0 Å². The molecule has 4 heteroatoms. The predicted octanol–water partition coefficient (Wildman–Crippen LogP) is 4.01. The molecule has 2 N–H and O–H groups in total. The zero-order chi connectivity index (χ0) is 15.7. The lowest BCUT2D eigenvalue weighted by Crippen LogP contribution is -1.98. The van der Waals surface area contributed by atoms with Crippen LogP contribution < -0.4 is 10.5 Å². The second-order valence-corrected chi connectivity index (χ2v) is 5.57. The molecule has 0 bridgehead atoms. The fraction of sp³-hybridized carbons (Fsp3) is 0.222. The molecule has 0 aliphatic carbocycles. The highest BCUT2D eigenvalue weighted by atomic mass is 16.5. The standard InChI is InChI=1S/C18H19N3O/c1-11(2)12-6-7-16(22-3)13(9-12)14-10-21-15-5-4-8-20-18(15)17(14)19/h4-11H,1-3H3,(H2,19,21). The third-order valence-corrected chi connectivity index (χ3v) is 3.84. The van der Waals surface area contributed by atoms with Gasteiger partial charge in [0.25, 0.3) is 0 Å². The van der Waals surface area contributed by atoms with Crippen LogP contribution in [0.25, 0.3) is 22.2 Å². The number of hydrogen-bond acceptors (Lipinski definition) is 4. The van der Waals surface area contributed by atoms with E-state index >= 15 is 0 Å². The molecule has 1 aromatic carbocycles. The molecule has 0 radical (unpaired) electrons. The summed E-state index contributed by atoms with van der Waals surface area (Å²) in [5.41, 5.74) is 11.5. The molecule has 2 heterocycles. The van der Waals surface area contributed by atoms with Gasteiger partial charge in [-0.3, -0.25) is 9.97 Å². The summed E-state index contributed by atoms with van der Waals surface area (Å²) in [5.74, 6) is 1.21. The van der Waals surface area contributed by atoms with Crippen molar-refractivity contribution < 1.29 is 4.74 Å². The van der Waals surface area contributed by atoms with E-state index in [0.29, 0.717) is 11.6 Å². The van der Waals surface area contributed by atoms with Gasteiger partial charge in [-0.2, -0.15) is 0 Å². The van der Waals surface area contributed by atoms with Gasteiger partial charge in [0, 0.05) is 23.5 Å². The molecule has 0 fully saturated rings. The van der Waals surface area contributed by atoms with Crippen LogP contribution in [0.3, 0.4) is 0 Å². The summed E-state index contributed by atoms with van der Waals surface area (Å²) in [6, 6.07) is 9.94. The van der Waals surface area contributed by atoms with Crippen LogP contribution in [0.5, 0.6) is 5.75 Å². The molecule has 0 saturated carbocycles. The highest BCUT2D eigenvalue weighted by molar-refractivity contribution is 5.96. The van der Waals surface area contributed by atoms with Crippen LogP contribution in [0.4, 0.5) is 5.69 Å². The maximum Gasteiger partial charge on any atom is 0.126 e. The SMILES string of the molecule is COc1ccc(C(C)C)cc1-c1cnc2cccnc2c1N. The van der Waals surface area contributed by atoms with Crippen molar-refractivity contribution in [3.8, 4) is 16.9 Å². The summed E-state index contributed by atoms with van der Waals surface area (Å²) < 4.78 is 5.50. The van der Waals surface area contributed by atoms with Gasteiger partial charge in [-0.05, 0) is 35.7 Å². The fourth-order valence-corrected chi connectivity index (χ4v) is 2.55. The molecule has 3 rings (SSSR count). The monoisotopic (exact) mass is 293 g/mol. The molecule has 2 aromatic heterocycles. The third kappa shape index (κ3) is 2.37. The minimum absolute atomic E-state index is 0.428. The Morgan fingerprint density at radius 3 is 2.64 bits per heavy atom. The zero-order valence-electron chi connectivity index (χ0n) is 13.0. The van der Waals surface area contributed by atoms with Crippen molar-refractivity contribution >= 4 is 16.7 Å². The van der Waals surface area contributed by atoms with E-state index in [0.717, 1.165) is 27.9 Å². The number of nitrogens with zero attached hydrogens (tertiary/aromatic N) is 2. The Morgan fingerprint density at radius 2 is 1.91 bits per heavy atom. The topological polar surface area (TPSA) is 61.0 Å². The number of hydrogen-bond donors (Lipinski definition) is 1. The molecule has 112 valence electrons. The highest BCUT2D eigenvalue weighted by Crippen LogP contribution is 2.37. The average Bonchev–Trinajstić information content (AvgIpc) is 2.55. The second-order valence-electron chi connectivity index (χ2n) is 5.57. The van der Waals surface area contributed by atoms with E-state index in [-0.39, 0.29) is 0 Å². The molecule has 0 amide bonds. The van der Waals surface area contributed by atoms with Crippen molar-refractivity contribution in [3.63, 3.8) is 0 Å². The summed E-state index contributed by atoms with van der Waals surface area (Å²) in [7, 11) is 1.66. The highest BCUT2D eigenvalue weighted by Gasteiger charge is 2.14. The molecule has 0 aliphatic rings. The molecule has 4 nitrogen and oxygen atoms in total. The number of ether oxygens (including phenoxy) is 1. The Kier molecular flexibility index (Phi) is 3.67. The van der Waals surface area contributed by atoms with Gasteiger partial charge in [0.1, 0.15) is 11.3 Å². The van der Waals surface area contributed by atoms with Crippen molar-refractivity contribution in [3.05, 3.63) is 48.3 Å². The lowest BCUT2D eigenvalue weighted by Gasteiger charge is -2.15. The molecule has 0 atom stereocenters. The Balaban J connectivity index is 2.26. The Hall–Kier alpha value is -2.62. The minimum Gasteiger partial charge on any atom is -0.496 e. The van der Waals surface area contributed by atoms with Gasteiger partial charge in [0.05, 0.1) is 18.3 Å². The van der Waals surface area contributed by atoms with E-state index in [1.807, 2.05) is 18.2 Å². The number of anilines is 1. The van der Waals surface area contributed by atoms with Gasteiger partial charge in [-0.15, -0.1) is 0 Å². The molecule has 22 heavy (non-hydrogen) atoms. The van der Waals surface area contributed by atoms with Crippen LogP contribution in [0.15, 0.2) is 42.7 Å². The zero-order valence-corrected chi connectivity index (χ0v) is 13.0. The van der Waals surface area contributed by atoms with E-state index in [1.54, 1.807) is 19.5 Å². The summed E-state index contributed by atoms with van der Waals surface area (Å²) in [4.78, 5) is 8.82. The van der Waals surface area contributed by atoms with E-state index in [4.69, 9.17) is 10.5 Å². The fourth-order valence-electron chi connectivity index (χ4n) is 2.55. The van der Waals surface area contributed by atoms with Crippen LogP contribution >= 0.6 is 0 Å². The number of nitrogen functional groups attached to an aromatic ring is 1. The van der Waals surface area contributed by atoms with E-state index in [1.165, 1.54) is 5.56 Å². The first-order valence-electron chi connectivity index (χ1n) is 7.29. The minimum atomic E-state index is 0.428. The number of nitrogens with two attached hydrogens (primary N) is 1. The number of benzene rings is 1. The van der Waals surface area contributed by atoms with Gasteiger partial charge < -0.3 is 10.5 Å². The summed E-state index contributed by atoms with van der Waals surface area (Å²) in [6.45, 7) is 4.32. The summed E-state index contributed by atoms with van der Waals surface area (Å²) in [5, 5.41) is 0. The van der Waals surface area contributed by atoms with Crippen LogP contribution in [-0.2, 0) is 0 Å². The van der Waals surface area contributed by atoms with Crippen LogP contribution in [0, 0.1) is 0 Å². The first kappa shape index (κ1) is 14.3. The maximum absolute atomic E-state index is 6.34. The van der Waals surface area contributed by atoms with Crippen molar-refractivity contribution in [2.45, 2.75) is 19.8 Å². The van der Waals surface area contributed by atoms with E-state index < -0.39 is 0 Å². The van der Waals surface area contributed by atoms with Crippen molar-refractivity contribution in [2.75, 3.05) is 12.8 Å². The number of rotatable bonds is 3. The molecule has 0 unspecified atom stereocenters. The Morgan fingerprint density at radius 1 is 1.09 bits per heavy atom. The number of pyridine rings is 2. The quantitative estimate of drug-likeness (QED) is 0.792. The van der Waals surface area contributed by atoms with Crippen molar-refractivity contribution in [1.82, 2.24) is 9.97 Å². The molecular formula is C18H19N3O. The number of methoxy groups -OCH3 is 1. The maximum atomic E-state index is 6.34. The Labute approximate surface area is 130 Å².